The van der Waals surface area contributed by atoms with Gasteiger partial charge in [0.05, 0.1) is 0 Å². The molecule has 1 saturated heterocycles. The highest BCUT2D eigenvalue weighted by Gasteiger charge is 2.27. The minimum absolute atomic E-state index is 0.0801. The highest BCUT2D eigenvalue weighted by Crippen LogP contribution is 2.28. The van der Waals surface area contributed by atoms with E-state index in [2.05, 4.69) is 34.7 Å². The van der Waals surface area contributed by atoms with Gasteiger partial charge in [-0.05, 0) is 6.42 Å². The zero-order valence-corrected chi connectivity index (χ0v) is 11.7. The third-order valence-electron chi connectivity index (χ3n) is 2.28. The van der Waals surface area contributed by atoms with Crippen molar-refractivity contribution in [1.82, 2.24) is 15.5 Å². The Morgan fingerprint density at radius 2 is 2.33 bits per heavy atom. The molecule has 98 valence electrons. The van der Waals surface area contributed by atoms with Crippen LogP contribution < -0.4 is 10.6 Å². The Balaban J connectivity index is 1.91. The number of nitrogens with one attached hydrogen (secondary N) is 2. The van der Waals surface area contributed by atoms with Crippen LogP contribution in [0.15, 0.2) is 4.34 Å². The molecule has 18 heavy (non-hydrogen) atoms. The van der Waals surface area contributed by atoms with Crippen molar-refractivity contribution >= 4 is 40.0 Å². The Labute approximate surface area is 113 Å². The number of hydrogen-bond acceptors (Lipinski definition) is 6. The third kappa shape index (κ3) is 3.42. The molecule has 0 aliphatic carbocycles. The molecule has 0 aromatic carbocycles. The second-order valence-electron chi connectivity index (χ2n) is 4.19. The first kappa shape index (κ1) is 13.3. The lowest BCUT2D eigenvalue weighted by Crippen LogP contribution is -2.37. The lowest BCUT2D eigenvalue weighted by atomic mass is 10.2. The van der Waals surface area contributed by atoms with Gasteiger partial charge in [0.25, 0.3) is 0 Å². The molecular formula is C10H14N4O2S2. The first-order valence-corrected chi connectivity index (χ1v) is 7.34. The van der Waals surface area contributed by atoms with E-state index in [4.69, 9.17) is 0 Å². The predicted molar refractivity (Wildman–Crippen MR) is 70.7 cm³/mol. The minimum atomic E-state index is -0.442. The van der Waals surface area contributed by atoms with Crippen LogP contribution in [0.3, 0.4) is 0 Å². The van der Waals surface area contributed by atoms with Crippen molar-refractivity contribution in [2.24, 2.45) is 0 Å². The van der Waals surface area contributed by atoms with Gasteiger partial charge in [-0.2, -0.15) is 0 Å². The molecule has 2 amide bonds. The number of carbonyl (C=O) groups excluding carboxylic acids is 2. The van der Waals surface area contributed by atoms with Gasteiger partial charge in [-0.15, -0.1) is 10.2 Å². The van der Waals surface area contributed by atoms with Gasteiger partial charge in [-0.1, -0.05) is 36.9 Å². The fourth-order valence-electron chi connectivity index (χ4n) is 1.51. The topological polar surface area (TPSA) is 84.0 Å². The van der Waals surface area contributed by atoms with Gasteiger partial charge in [0.2, 0.25) is 16.9 Å². The fourth-order valence-corrected chi connectivity index (χ4v) is 3.49. The van der Waals surface area contributed by atoms with Crippen LogP contribution in [0.2, 0.25) is 0 Å². The van der Waals surface area contributed by atoms with Gasteiger partial charge in [-0.25, -0.2) is 0 Å². The summed E-state index contributed by atoms with van der Waals surface area (Å²) in [6, 6.07) is -0.442. The highest BCUT2D eigenvalue weighted by atomic mass is 32.2. The molecule has 1 atom stereocenters. The minimum Gasteiger partial charge on any atom is -0.344 e. The predicted octanol–water partition coefficient (Wildman–Crippen LogP) is 1.26. The maximum Gasteiger partial charge on any atom is 0.248 e. The van der Waals surface area contributed by atoms with Crippen LogP contribution in [-0.4, -0.2) is 33.3 Å². The fraction of sp³-hybridized carbons (Fsp3) is 0.600. The van der Waals surface area contributed by atoms with E-state index in [0.29, 0.717) is 23.2 Å². The van der Waals surface area contributed by atoms with E-state index in [-0.39, 0.29) is 11.8 Å². The van der Waals surface area contributed by atoms with Crippen LogP contribution in [0, 0.1) is 0 Å². The number of aromatic nitrogens is 2. The van der Waals surface area contributed by atoms with Gasteiger partial charge in [0.1, 0.15) is 6.04 Å². The number of thioether (sulfide) groups is 1. The van der Waals surface area contributed by atoms with Crippen molar-refractivity contribution in [3.05, 3.63) is 0 Å². The van der Waals surface area contributed by atoms with E-state index in [1.165, 1.54) is 11.3 Å². The van der Waals surface area contributed by atoms with Crippen LogP contribution in [-0.2, 0) is 9.59 Å². The molecule has 1 aromatic rings. The summed E-state index contributed by atoms with van der Waals surface area (Å²) < 4.78 is 0.829. The summed E-state index contributed by atoms with van der Waals surface area (Å²) >= 11 is 2.95. The molecule has 0 saturated carbocycles. The van der Waals surface area contributed by atoms with Crippen LogP contribution in [0.1, 0.15) is 26.7 Å². The third-order valence-corrected chi connectivity index (χ3v) is 4.21. The molecule has 1 aliphatic rings. The quantitative estimate of drug-likeness (QED) is 0.643. The number of hydrogen-bond donors (Lipinski definition) is 2. The number of rotatable bonds is 4. The second-order valence-corrected chi connectivity index (χ2v) is 6.99. The van der Waals surface area contributed by atoms with Gasteiger partial charge >= 0.3 is 0 Å². The first-order valence-electron chi connectivity index (χ1n) is 5.65. The van der Waals surface area contributed by atoms with Gasteiger partial charge in [0, 0.05) is 11.7 Å². The number of amides is 2. The zero-order chi connectivity index (χ0) is 13.1. The maximum absolute atomic E-state index is 11.8. The van der Waals surface area contributed by atoms with Crippen LogP contribution >= 0.6 is 23.1 Å². The van der Waals surface area contributed by atoms with Crippen molar-refractivity contribution < 1.29 is 9.59 Å². The summed E-state index contributed by atoms with van der Waals surface area (Å²) in [6.45, 7) is 4.14. The molecule has 2 rings (SSSR count). The SMILES string of the molecule is CC(C)Sc1nnc(NC(=O)C2CCC(=O)N2)s1. The first-order chi connectivity index (χ1) is 8.54. The largest absolute Gasteiger partial charge is 0.344 e. The van der Waals surface area contributed by atoms with Crippen molar-refractivity contribution in [3.8, 4) is 0 Å². The molecule has 1 aromatic heterocycles. The van der Waals surface area contributed by atoms with E-state index in [0.717, 1.165) is 4.34 Å². The Morgan fingerprint density at radius 3 is 2.94 bits per heavy atom. The van der Waals surface area contributed by atoms with E-state index in [9.17, 15) is 9.59 Å². The molecule has 2 heterocycles. The van der Waals surface area contributed by atoms with E-state index < -0.39 is 6.04 Å². The standard InChI is InChI=1S/C10H14N4O2S2/c1-5(2)17-10-14-13-9(18-10)12-8(16)6-3-4-7(15)11-6/h5-6H,3-4H2,1-2H3,(H,11,15)(H,12,13,16). The summed E-state index contributed by atoms with van der Waals surface area (Å²) in [4.78, 5) is 22.8. The molecule has 2 N–H and O–H groups in total. The molecule has 0 radical (unpaired) electrons. The number of carbonyl (C=O) groups is 2. The van der Waals surface area contributed by atoms with E-state index in [1.807, 2.05) is 0 Å². The lowest BCUT2D eigenvalue weighted by molar-refractivity contribution is -0.122. The van der Waals surface area contributed by atoms with Crippen LogP contribution in [0.25, 0.3) is 0 Å². The van der Waals surface area contributed by atoms with Crippen molar-refractivity contribution in [2.75, 3.05) is 5.32 Å². The van der Waals surface area contributed by atoms with Crippen LogP contribution in [0.5, 0.6) is 0 Å². The lowest BCUT2D eigenvalue weighted by Gasteiger charge is -2.07. The summed E-state index contributed by atoms with van der Waals surface area (Å²) in [7, 11) is 0. The summed E-state index contributed by atoms with van der Waals surface area (Å²) in [5, 5.41) is 14.1. The Bertz CT molecular complexity index is 460. The molecule has 1 fully saturated rings. The maximum atomic E-state index is 11.8. The van der Waals surface area contributed by atoms with E-state index in [1.54, 1.807) is 11.8 Å². The van der Waals surface area contributed by atoms with Crippen LogP contribution in [0.4, 0.5) is 5.13 Å². The highest BCUT2D eigenvalue weighted by molar-refractivity contribution is 8.01. The molecule has 1 unspecified atom stereocenters. The molecule has 6 nitrogen and oxygen atoms in total. The zero-order valence-electron chi connectivity index (χ0n) is 10.1. The normalized spacial score (nSPS) is 19.1. The monoisotopic (exact) mass is 286 g/mol. The summed E-state index contributed by atoms with van der Waals surface area (Å²) in [5.41, 5.74) is 0. The molecule has 0 bridgehead atoms. The molecule has 8 heteroatoms. The second kappa shape index (κ2) is 5.66. The average molecular weight is 286 g/mol. The molecular weight excluding hydrogens is 272 g/mol. The Kier molecular flexibility index (Phi) is 4.18. The van der Waals surface area contributed by atoms with Crippen molar-refractivity contribution in [1.29, 1.82) is 0 Å². The van der Waals surface area contributed by atoms with E-state index >= 15 is 0 Å². The van der Waals surface area contributed by atoms with Gasteiger partial charge in [0.15, 0.2) is 4.34 Å². The van der Waals surface area contributed by atoms with Gasteiger partial charge in [-0.3, -0.25) is 14.9 Å². The molecule has 0 spiro atoms. The van der Waals surface area contributed by atoms with Crippen molar-refractivity contribution in [3.63, 3.8) is 0 Å². The number of nitrogens with zero attached hydrogens (tertiary/aromatic N) is 2. The number of anilines is 1. The summed E-state index contributed by atoms with van der Waals surface area (Å²) in [6.07, 6.45) is 0.944. The van der Waals surface area contributed by atoms with Gasteiger partial charge < -0.3 is 5.32 Å². The van der Waals surface area contributed by atoms with Crippen molar-refractivity contribution in [2.45, 2.75) is 42.3 Å². The Morgan fingerprint density at radius 1 is 1.56 bits per heavy atom. The molecule has 1 aliphatic heterocycles. The summed E-state index contributed by atoms with van der Waals surface area (Å²) in [5.74, 6) is -0.304. The smallest absolute Gasteiger partial charge is 0.248 e. The Hall–Kier alpha value is -1.15. The average Bonchev–Trinajstić information content (AvgIpc) is 2.87.